The van der Waals surface area contributed by atoms with Gasteiger partial charge in [-0.3, -0.25) is 9.69 Å². The van der Waals surface area contributed by atoms with Crippen molar-refractivity contribution in [2.45, 2.75) is 25.8 Å². The third-order valence-corrected chi connectivity index (χ3v) is 2.40. The van der Waals surface area contributed by atoms with E-state index in [1.807, 2.05) is 18.9 Å². The summed E-state index contributed by atoms with van der Waals surface area (Å²) in [6, 6.07) is 0.550. The molecule has 4 nitrogen and oxygen atoms in total. The molecule has 1 saturated heterocycles. The Balaban J connectivity index is 2.14. The minimum Gasteiger partial charge on any atom is -0.465 e. The van der Waals surface area contributed by atoms with E-state index in [0.717, 1.165) is 13.1 Å². The molecule has 1 unspecified atom stereocenters. The maximum absolute atomic E-state index is 11.1. The predicted molar refractivity (Wildman–Crippen MR) is 55.2 cm³/mol. The topological polar surface area (TPSA) is 41.6 Å². The molecule has 0 spiro atoms. The van der Waals surface area contributed by atoms with Crippen LogP contribution in [0.15, 0.2) is 0 Å². The van der Waals surface area contributed by atoms with Crippen molar-refractivity contribution in [2.24, 2.45) is 0 Å². The van der Waals surface area contributed by atoms with Crippen molar-refractivity contribution in [1.29, 1.82) is 0 Å². The Kier molecular flexibility index (Phi) is 4.90. The van der Waals surface area contributed by atoms with E-state index in [2.05, 4.69) is 5.32 Å². The molecule has 0 radical (unpaired) electrons. The van der Waals surface area contributed by atoms with Gasteiger partial charge in [0.25, 0.3) is 0 Å². The number of ether oxygens (including phenoxy) is 1. The number of nitrogens with one attached hydrogen (secondary N) is 1. The first kappa shape index (κ1) is 11.5. The molecule has 0 aromatic carbocycles. The molecule has 1 atom stereocenters. The van der Waals surface area contributed by atoms with E-state index >= 15 is 0 Å². The number of rotatable bonds is 5. The summed E-state index contributed by atoms with van der Waals surface area (Å²) in [5, 5.41) is 3.40. The molecule has 1 N–H and O–H groups in total. The molecular formula is C10H20N2O2. The van der Waals surface area contributed by atoms with E-state index in [9.17, 15) is 4.79 Å². The molecule has 0 aromatic heterocycles. The molecule has 0 bridgehead atoms. The van der Waals surface area contributed by atoms with Crippen LogP contribution in [0.4, 0.5) is 0 Å². The van der Waals surface area contributed by atoms with Crippen LogP contribution in [0, 0.1) is 0 Å². The molecule has 1 aliphatic rings. The van der Waals surface area contributed by atoms with E-state index in [4.69, 9.17) is 4.74 Å². The van der Waals surface area contributed by atoms with E-state index < -0.39 is 0 Å². The van der Waals surface area contributed by atoms with Crippen LogP contribution in [-0.4, -0.2) is 50.2 Å². The summed E-state index contributed by atoms with van der Waals surface area (Å²) in [6.07, 6.45) is 2.46. The highest BCUT2D eigenvalue weighted by Gasteiger charge is 2.17. The van der Waals surface area contributed by atoms with Gasteiger partial charge in [-0.05, 0) is 33.4 Å². The fourth-order valence-electron chi connectivity index (χ4n) is 1.78. The zero-order chi connectivity index (χ0) is 10.4. The zero-order valence-corrected chi connectivity index (χ0v) is 9.08. The van der Waals surface area contributed by atoms with E-state index in [0.29, 0.717) is 19.2 Å². The third-order valence-electron chi connectivity index (χ3n) is 2.40. The van der Waals surface area contributed by atoms with E-state index in [1.54, 1.807) is 0 Å². The fourth-order valence-corrected chi connectivity index (χ4v) is 1.78. The highest BCUT2D eigenvalue weighted by atomic mass is 16.5. The molecule has 1 rings (SSSR count). The standard InChI is InChI=1S/C10H20N2O2/c1-3-14-10(13)8-12(2)7-9-5-4-6-11-9/h9,11H,3-8H2,1-2H3. The Morgan fingerprint density at radius 3 is 3.00 bits per heavy atom. The van der Waals surface area contributed by atoms with Crippen molar-refractivity contribution < 1.29 is 9.53 Å². The molecule has 0 aliphatic carbocycles. The lowest BCUT2D eigenvalue weighted by Gasteiger charge is -2.19. The molecular weight excluding hydrogens is 180 g/mol. The normalized spacial score (nSPS) is 21.5. The summed E-state index contributed by atoms with van der Waals surface area (Å²) in [7, 11) is 1.96. The maximum Gasteiger partial charge on any atom is 0.320 e. The van der Waals surface area contributed by atoms with Crippen LogP contribution in [0.5, 0.6) is 0 Å². The minimum absolute atomic E-state index is 0.131. The van der Waals surface area contributed by atoms with Crippen molar-refractivity contribution in [2.75, 3.05) is 33.3 Å². The van der Waals surface area contributed by atoms with Gasteiger partial charge in [0.1, 0.15) is 0 Å². The Morgan fingerprint density at radius 2 is 2.43 bits per heavy atom. The number of esters is 1. The zero-order valence-electron chi connectivity index (χ0n) is 9.08. The van der Waals surface area contributed by atoms with Gasteiger partial charge in [-0.1, -0.05) is 0 Å². The van der Waals surface area contributed by atoms with Crippen LogP contribution in [0.25, 0.3) is 0 Å². The van der Waals surface area contributed by atoms with Gasteiger partial charge in [0, 0.05) is 12.6 Å². The van der Waals surface area contributed by atoms with Gasteiger partial charge < -0.3 is 10.1 Å². The molecule has 14 heavy (non-hydrogen) atoms. The molecule has 4 heteroatoms. The van der Waals surface area contributed by atoms with Crippen LogP contribution >= 0.6 is 0 Å². The van der Waals surface area contributed by atoms with Crippen LogP contribution in [0.2, 0.25) is 0 Å². The number of hydrogen-bond acceptors (Lipinski definition) is 4. The Labute approximate surface area is 85.6 Å². The lowest BCUT2D eigenvalue weighted by molar-refractivity contribution is -0.144. The van der Waals surface area contributed by atoms with E-state index in [-0.39, 0.29) is 5.97 Å². The third kappa shape index (κ3) is 4.07. The number of hydrogen-bond donors (Lipinski definition) is 1. The first-order valence-corrected chi connectivity index (χ1v) is 5.30. The molecule has 82 valence electrons. The first-order chi connectivity index (χ1) is 6.72. The number of carbonyl (C=O) groups excluding carboxylic acids is 1. The molecule has 1 heterocycles. The van der Waals surface area contributed by atoms with Gasteiger partial charge >= 0.3 is 5.97 Å². The summed E-state index contributed by atoms with van der Waals surface area (Å²) in [5.41, 5.74) is 0. The van der Waals surface area contributed by atoms with Crippen molar-refractivity contribution in [3.8, 4) is 0 Å². The highest BCUT2D eigenvalue weighted by molar-refractivity contribution is 5.71. The van der Waals surface area contributed by atoms with Crippen LogP contribution in [-0.2, 0) is 9.53 Å². The Bertz CT molecular complexity index is 179. The average Bonchev–Trinajstić information content (AvgIpc) is 2.56. The van der Waals surface area contributed by atoms with Crippen molar-refractivity contribution in [1.82, 2.24) is 10.2 Å². The lowest BCUT2D eigenvalue weighted by atomic mass is 10.2. The molecule has 1 fully saturated rings. The number of nitrogens with zero attached hydrogens (tertiary/aromatic N) is 1. The quantitative estimate of drug-likeness (QED) is 0.645. The van der Waals surface area contributed by atoms with Crippen LogP contribution in [0.1, 0.15) is 19.8 Å². The van der Waals surface area contributed by atoms with Crippen LogP contribution < -0.4 is 5.32 Å². The largest absolute Gasteiger partial charge is 0.465 e. The highest BCUT2D eigenvalue weighted by Crippen LogP contribution is 2.05. The van der Waals surface area contributed by atoms with Crippen LogP contribution in [0.3, 0.4) is 0 Å². The second-order valence-corrected chi connectivity index (χ2v) is 3.80. The van der Waals surface area contributed by atoms with Crippen molar-refractivity contribution >= 4 is 5.97 Å². The van der Waals surface area contributed by atoms with Crippen molar-refractivity contribution in [3.63, 3.8) is 0 Å². The maximum atomic E-state index is 11.1. The van der Waals surface area contributed by atoms with Crippen molar-refractivity contribution in [3.05, 3.63) is 0 Å². The Morgan fingerprint density at radius 1 is 1.64 bits per heavy atom. The van der Waals surface area contributed by atoms with E-state index in [1.165, 1.54) is 12.8 Å². The van der Waals surface area contributed by atoms with Gasteiger partial charge in [-0.2, -0.15) is 0 Å². The predicted octanol–water partition coefficient (Wildman–Crippen LogP) is 0.233. The SMILES string of the molecule is CCOC(=O)CN(C)CC1CCCN1. The smallest absolute Gasteiger partial charge is 0.320 e. The summed E-state index contributed by atoms with van der Waals surface area (Å²) in [4.78, 5) is 13.2. The van der Waals surface area contributed by atoms with Gasteiger partial charge in [-0.15, -0.1) is 0 Å². The Hall–Kier alpha value is -0.610. The van der Waals surface area contributed by atoms with Gasteiger partial charge in [0.05, 0.1) is 13.2 Å². The number of likely N-dealkylation sites (N-methyl/N-ethyl adjacent to an activating group) is 1. The lowest BCUT2D eigenvalue weighted by Crippen LogP contribution is -2.38. The molecule has 0 amide bonds. The second-order valence-electron chi connectivity index (χ2n) is 3.80. The second kappa shape index (κ2) is 5.98. The molecule has 0 saturated carbocycles. The molecule has 0 aromatic rings. The average molecular weight is 200 g/mol. The summed E-state index contributed by atoms with van der Waals surface area (Å²) in [5.74, 6) is -0.131. The van der Waals surface area contributed by atoms with Gasteiger partial charge in [0.15, 0.2) is 0 Å². The summed E-state index contributed by atoms with van der Waals surface area (Å²) >= 11 is 0. The minimum atomic E-state index is -0.131. The van der Waals surface area contributed by atoms with Gasteiger partial charge in [0.2, 0.25) is 0 Å². The first-order valence-electron chi connectivity index (χ1n) is 5.30. The fraction of sp³-hybridized carbons (Fsp3) is 0.900. The number of carbonyl (C=O) groups is 1. The van der Waals surface area contributed by atoms with Gasteiger partial charge in [-0.25, -0.2) is 0 Å². The molecule has 1 aliphatic heterocycles. The summed E-state index contributed by atoms with van der Waals surface area (Å²) < 4.78 is 4.88. The summed E-state index contributed by atoms with van der Waals surface area (Å²) in [6.45, 7) is 4.73. The monoisotopic (exact) mass is 200 g/mol.